The first-order valence-corrected chi connectivity index (χ1v) is 5.39. The fraction of sp³-hybridized carbons (Fsp3) is 0.200. The summed E-state index contributed by atoms with van der Waals surface area (Å²) in [5.41, 5.74) is 0.653. The van der Waals surface area contributed by atoms with Gasteiger partial charge in [-0.3, -0.25) is 9.69 Å². The summed E-state index contributed by atoms with van der Waals surface area (Å²) in [6, 6.07) is 5.86. The van der Waals surface area contributed by atoms with E-state index in [0.29, 0.717) is 16.6 Å². The Morgan fingerprint density at radius 2 is 2.07 bits per heavy atom. The minimum atomic E-state index is -0.289. The Morgan fingerprint density at radius 1 is 1.40 bits per heavy atom. The Hall–Kier alpha value is -1.36. The molecular weight excluding hydrogens is 215 g/mol. The van der Waals surface area contributed by atoms with E-state index >= 15 is 0 Å². The van der Waals surface area contributed by atoms with Crippen molar-refractivity contribution in [2.75, 3.05) is 12.8 Å². The molecule has 0 aromatic heterocycles. The van der Waals surface area contributed by atoms with E-state index in [-0.39, 0.29) is 11.7 Å². The number of nitrogens with zero attached hydrogens (tertiary/aromatic N) is 2. The lowest BCUT2D eigenvalue weighted by atomic mass is 10.3. The Labute approximate surface area is 91.0 Å². The highest BCUT2D eigenvalue weighted by molar-refractivity contribution is 8.15. The Bertz CT molecular complexity index is 416. The minimum Gasteiger partial charge on any atom is -0.294 e. The van der Waals surface area contributed by atoms with Crippen LogP contribution in [-0.2, 0) is 4.79 Å². The Kier molecular flexibility index (Phi) is 2.73. The van der Waals surface area contributed by atoms with E-state index in [1.165, 1.54) is 28.8 Å². The quantitative estimate of drug-likeness (QED) is 0.731. The molecule has 3 nitrogen and oxygen atoms in total. The highest BCUT2D eigenvalue weighted by Gasteiger charge is 2.23. The SMILES string of the molecule is CN1C(=O)CSC1=Nc1ccc(F)cc1. The van der Waals surface area contributed by atoms with E-state index < -0.39 is 0 Å². The zero-order chi connectivity index (χ0) is 10.8. The van der Waals surface area contributed by atoms with Crippen molar-refractivity contribution < 1.29 is 9.18 Å². The molecule has 0 unspecified atom stereocenters. The third kappa shape index (κ3) is 2.18. The van der Waals surface area contributed by atoms with Crippen LogP contribution in [0.15, 0.2) is 29.3 Å². The second kappa shape index (κ2) is 4.02. The molecule has 1 heterocycles. The van der Waals surface area contributed by atoms with Gasteiger partial charge < -0.3 is 0 Å². The number of halogens is 1. The van der Waals surface area contributed by atoms with Crippen molar-refractivity contribution in [3.8, 4) is 0 Å². The molecule has 0 spiro atoms. The monoisotopic (exact) mass is 224 g/mol. The van der Waals surface area contributed by atoms with Crippen LogP contribution in [0.5, 0.6) is 0 Å². The van der Waals surface area contributed by atoms with Gasteiger partial charge in [-0.05, 0) is 24.3 Å². The number of thioether (sulfide) groups is 1. The van der Waals surface area contributed by atoms with Gasteiger partial charge in [-0.1, -0.05) is 11.8 Å². The highest BCUT2D eigenvalue weighted by Crippen LogP contribution is 2.22. The number of carbonyl (C=O) groups is 1. The average molecular weight is 224 g/mol. The summed E-state index contributed by atoms with van der Waals surface area (Å²) in [4.78, 5) is 16.9. The molecule has 0 bridgehead atoms. The van der Waals surface area contributed by atoms with Gasteiger partial charge in [0.25, 0.3) is 0 Å². The molecule has 0 atom stereocenters. The van der Waals surface area contributed by atoms with E-state index in [2.05, 4.69) is 4.99 Å². The molecule has 1 aliphatic heterocycles. The second-order valence-electron chi connectivity index (χ2n) is 3.11. The van der Waals surface area contributed by atoms with Gasteiger partial charge in [0.15, 0.2) is 5.17 Å². The summed E-state index contributed by atoms with van der Waals surface area (Å²) in [6.45, 7) is 0. The predicted molar refractivity (Wildman–Crippen MR) is 58.7 cm³/mol. The van der Waals surface area contributed by atoms with E-state index in [1.807, 2.05) is 0 Å². The lowest BCUT2D eigenvalue weighted by molar-refractivity contribution is -0.123. The molecule has 0 saturated carbocycles. The van der Waals surface area contributed by atoms with Crippen LogP contribution in [0.3, 0.4) is 0 Å². The van der Waals surface area contributed by atoms with Crippen molar-refractivity contribution in [3.05, 3.63) is 30.1 Å². The molecule has 1 amide bonds. The van der Waals surface area contributed by atoms with Crippen LogP contribution in [0, 0.1) is 5.82 Å². The van der Waals surface area contributed by atoms with Crippen molar-refractivity contribution >= 4 is 28.5 Å². The van der Waals surface area contributed by atoms with Gasteiger partial charge >= 0.3 is 0 Å². The largest absolute Gasteiger partial charge is 0.294 e. The van der Waals surface area contributed by atoms with E-state index in [4.69, 9.17) is 0 Å². The zero-order valence-electron chi connectivity index (χ0n) is 8.11. The van der Waals surface area contributed by atoms with Crippen molar-refractivity contribution in [1.29, 1.82) is 0 Å². The normalized spacial score (nSPS) is 18.9. The molecule has 1 aliphatic rings. The van der Waals surface area contributed by atoms with Gasteiger partial charge in [0, 0.05) is 7.05 Å². The van der Waals surface area contributed by atoms with Gasteiger partial charge in [-0.15, -0.1) is 0 Å². The fourth-order valence-corrected chi connectivity index (χ4v) is 2.07. The molecule has 0 aliphatic carbocycles. The molecular formula is C10H9FN2OS. The van der Waals surface area contributed by atoms with Crippen molar-refractivity contribution in [1.82, 2.24) is 4.90 Å². The van der Waals surface area contributed by atoms with Gasteiger partial charge in [0.05, 0.1) is 11.4 Å². The number of rotatable bonds is 1. The van der Waals surface area contributed by atoms with Crippen LogP contribution in [0.4, 0.5) is 10.1 Å². The molecule has 1 saturated heterocycles. The molecule has 1 aromatic carbocycles. The summed E-state index contributed by atoms with van der Waals surface area (Å²) in [7, 11) is 1.69. The lowest BCUT2D eigenvalue weighted by Gasteiger charge is -2.07. The number of benzene rings is 1. The van der Waals surface area contributed by atoms with E-state index in [0.717, 1.165) is 0 Å². The topological polar surface area (TPSA) is 32.7 Å². The van der Waals surface area contributed by atoms with Gasteiger partial charge in [-0.2, -0.15) is 0 Å². The van der Waals surface area contributed by atoms with Gasteiger partial charge in [0.2, 0.25) is 5.91 Å². The number of hydrogen-bond donors (Lipinski definition) is 0. The maximum Gasteiger partial charge on any atom is 0.238 e. The molecule has 5 heteroatoms. The first-order valence-electron chi connectivity index (χ1n) is 4.40. The summed E-state index contributed by atoms with van der Waals surface area (Å²) in [5, 5.41) is 0.659. The predicted octanol–water partition coefficient (Wildman–Crippen LogP) is 2.02. The molecule has 1 fully saturated rings. The van der Waals surface area contributed by atoms with Crippen LogP contribution in [0.1, 0.15) is 0 Å². The van der Waals surface area contributed by atoms with Crippen molar-refractivity contribution in [3.63, 3.8) is 0 Å². The van der Waals surface area contributed by atoms with Crippen LogP contribution >= 0.6 is 11.8 Å². The molecule has 15 heavy (non-hydrogen) atoms. The summed E-state index contributed by atoms with van der Waals surface area (Å²) in [5.74, 6) is 0.180. The van der Waals surface area contributed by atoms with Crippen LogP contribution in [-0.4, -0.2) is 28.8 Å². The zero-order valence-corrected chi connectivity index (χ0v) is 8.92. The highest BCUT2D eigenvalue weighted by atomic mass is 32.2. The number of amides is 1. The number of aliphatic imine (C=N–C) groups is 1. The third-order valence-corrected chi connectivity index (χ3v) is 3.05. The van der Waals surface area contributed by atoms with Gasteiger partial charge in [-0.25, -0.2) is 9.38 Å². The second-order valence-corrected chi connectivity index (χ2v) is 4.05. The van der Waals surface area contributed by atoms with Crippen molar-refractivity contribution in [2.24, 2.45) is 4.99 Å². The molecule has 0 radical (unpaired) electrons. The van der Waals surface area contributed by atoms with Crippen LogP contribution in [0.25, 0.3) is 0 Å². The van der Waals surface area contributed by atoms with E-state index in [1.54, 1.807) is 19.2 Å². The number of amidine groups is 1. The molecule has 2 rings (SSSR count). The Balaban J connectivity index is 2.23. The summed E-state index contributed by atoms with van der Waals surface area (Å²) >= 11 is 1.39. The minimum absolute atomic E-state index is 0.0425. The summed E-state index contributed by atoms with van der Waals surface area (Å²) < 4.78 is 12.6. The maximum absolute atomic E-state index is 12.6. The molecule has 1 aromatic rings. The smallest absolute Gasteiger partial charge is 0.238 e. The van der Waals surface area contributed by atoms with Gasteiger partial charge in [0.1, 0.15) is 5.82 Å². The number of hydrogen-bond acceptors (Lipinski definition) is 3. The average Bonchev–Trinajstić information content (AvgIpc) is 2.53. The third-order valence-electron chi connectivity index (χ3n) is 2.04. The molecule has 78 valence electrons. The first-order chi connectivity index (χ1) is 7.16. The lowest BCUT2D eigenvalue weighted by Crippen LogP contribution is -2.24. The van der Waals surface area contributed by atoms with E-state index in [9.17, 15) is 9.18 Å². The number of carbonyl (C=O) groups excluding carboxylic acids is 1. The maximum atomic E-state index is 12.6. The van der Waals surface area contributed by atoms with Crippen LogP contribution < -0.4 is 0 Å². The standard InChI is InChI=1S/C10H9FN2OS/c1-13-9(14)6-15-10(13)12-8-4-2-7(11)3-5-8/h2-5H,6H2,1H3. The first kappa shape index (κ1) is 10.2. The fourth-order valence-electron chi connectivity index (χ4n) is 1.16. The van der Waals surface area contributed by atoms with Crippen LogP contribution in [0.2, 0.25) is 0 Å². The summed E-state index contributed by atoms with van der Waals surface area (Å²) in [6.07, 6.45) is 0. The molecule has 0 N–H and O–H groups in total. The van der Waals surface area contributed by atoms with Crippen molar-refractivity contribution in [2.45, 2.75) is 0 Å². The Morgan fingerprint density at radius 3 is 2.60 bits per heavy atom.